The molecule has 34 heteroatoms. The lowest BCUT2D eigenvalue weighted by Gasteiger charge is -2.47. The Labute approximate surface area is 324 Å². The molecule has 3 heterocycles. The summed E-state index contributed by atoms with van der Waals surface area (Å²) < 4.78 is 129. The molecule has 342 valence electrons. The SMILES string of the molecule is NC[C@H]1O[C@H](O[C@H]2[C@H](O[C@@H]3O[C@H](CO)[C@@H](O[C@H]4O[C@H](CN)[C@@H](O)[C@H](O)[C@H]4N)[C@H]3O)[C@@H](O)[C@H](N)C[C@@H]2N)[C@H](N)[C@@H](O)[C@@H]1O.O=S(=O)(O)O.O=S(=O)(O)O.O=S(=O)(O)O. The standard InChI is InChI=1S/C23H46N6O13.3H2O4S/c24-2-7-13(32)15(34)10(28)21(37-7)40-18-6(27)1-5(26)12(31)20(18)42-23-17(36)19(9(4-30)39-23)41-22-11(29)16(35)14(33)8(3-25)38-22;3*1-5(2,3)4/h5-23,30-36H,1-4,24-29H2;3*(H2,1,2,3,4)/t5-,6+,7-,8-,9-,10-,11-,12+,13-,14-,15-,16-,17-,18-,19-,20-,21-,22-,23+;;;/m1.../s1. The van der Waals surface area contributed by atoms with Gasteiger partial charge in [-0.2, -0.15) is 25.3 Å². The van der Waals surface area contributed by atoms with E-state index in [1.165, 1.54) is 0 Å². The van der Waals surface area contributed by atoms with Crippen molar-refractivity contribution in [3.63, 3.8) is 0 Å². The van der Waals surface area contributed by atoms with Crippen LogP contribution in [0.1, 0.15) is 6.42 Å². The van der Waals surface area contributed by atoms with Gasteiger partial charge in [-0.3, -0.25) is 27.3 Å². The Kier molecular flexibility index (Phi) is 21.4. The van der Waals surface area contributed by atoms with Crippen LogP contribution in [0, 0.1) is 0 Å². The third kappa shape index (κ3) is 17.8. The molecular formula is C23H52N6O25S3. The first-order valence-electron chi connectivity index (χ1n) is 16.0. The maximum absolute atomic E-state index is 11.1. The summed E-state index contributed by atoms with van der Waals surface area (Å²) in [6.45, 7) is -0.967. The molecule has 0 aromatic carbocycles. The van der Waals surface area contributed by atoms with Gasteiger partial charge in [0.05, 0.1) is 24.8 Å². The first kappa shape index (κ1) is 53.9. The molecule has 0 bridgehead atoms. The highest BCUT2D eigenvalue weighted by Gasteiger charge is 2.54. The van der Waals surface area contributed by atoms with Gasteiger partial charge in [0.25, 0.3) is 0 Å². The predicted molar refractivity (Wildman–Crippen MR) is 181 cm³/mol. The first-order chi connectivity index (χ1) is 25.8. The summed E-state index contributed by atoms with van der Waals surface area (Å²) in [6, 6.07) is -4.18. The van der Waals surface area contributed by atoms with E-state index in [4.69, 9.17) is 115 Å². The van der Waals surface area contributed by atoms with Gasteiger partial charge in [0.1, 0.15) is 67.1 Å². The number of aliphatic hydroxyl groups excluding tert-OH is 7. The van der Waals surface area contributed by atoms with Crippen LogP contribution < -0.4 is 34.4 Å². The van der Waals surface area contributed by atoms with Crippen LogP contribution in [0.3, 0.4) is 0 Å². The van der Waals surface area contributed by atoms with Gasteiger partial charge >= 0.3 is 31.2 Å². The van der Waals surface area contributed by atoms with Gasteiger partial charge in [-0.25, -0.2) is 0 Å². The van der Waals surface area contributed by atoms with Crippen LogP contribution in [0.15, 0.2) is 0 Å². The molecule has 0 radical (unpaired) electrons. The van der Waals surface area contributed by atoms with Crippen molar-refractivity contribution in [2.24, 2.45) is 34.4 Å². The van der Waals surface area contributed by atoms with Gasteiger partial charge in [-0.1, -0.05) is 0 Å². The van der Waals surface area contributed by atoms with E-state index in [0.29, 0.717) is 0 Å². The van der Waals surface area contributed by atoms with Gasteiger partial charge in [-0.15, -0.1) is 0 Å². The monoisotopic (exact) mass is 908 g/mol. The zero-order valence-electron chi connectivity index (χ0n) is 29.2. The number of ether oxygens (including phenoxy) is 6. The van der Waals surface area contributed by atoms with Crippen LogP contribution in [0.5, 0.6) is 0 Å². The van der Waals surface area contributed by atoms with E-state index in [1.807, 2.05) is 0 Å². The Balaban J connectivity index is 0.000000921. The molecule has 1 aliphatic carbocycles. The molecular weight excluding hydrogens is 856 g/mol. The van der Waals surface area contributed by atoms with Crippen LogP contribution in [-0.4, -0.2) is 224 Å². The lowest BCUT2D eigenvalue weighted by atomic mass is 9.84. The van der Waals surface area contributed by atoms with Crippen LogP contribution in [0.2, 0.25) is 0 Å². The highest BCUT2D eigenvalue weighted by Crippen LogP contribution is 2.34. The molecule has 3 saturated heterocycles. The Morgan fingerprint density at radius 1 is 0.474 bits per heavy atom. The van der Waals surface area contributed by atoms with E-state index in [9.17, 15) is 35.7 Å². The third-order valence-electron chi connectivity index (χ3n) is 8.37. The minimum atomic E-state index is -4.67. The summed E-state index contributed by atoms with van der Waals surface area (Å²) >= 11 is 0. The maximum atomic E-state index is 11.1. The van der Waals surface area contributed by atoms with Gasteiger partial charge in [0.2, 0.25) is 0 Å². The quantitative estimate of drug-likeness (QED) is 0.0955. The van der Waals surface area contributed by atoms with E-state index < -0.39 is 154 Å². The van der Waals surface area contributed by atoms with E-state index in [0.717, 1.165) is 0 Å². The topological polar surface area (TPSA) is 577 Å². The lowest BCUT2D eigenvalue weighted by molar-refractivity contribution is -0.306. The minimum absolute atomic E-state index is 0.0889. The molecule has 31 nitrogen and oxygen atoms in total. The van der Waals surface area contributed by atoms with Crippen molar-refractivity contribution >= 4 is 31.2 Å². The van der Waals surface area contributed by atoms with Gasteiger partial charge in [0.15, 0.2) is 18.9 Å². The van der Waals surface area contributed by atoms with Gasteiger partial charge in [-0.05, 0) is 6.42 Å². The zero-order chi connectivity index (χ0) is 44.5. The van der Waals surface area contributed by atoms with E-state index >= 15 is 0 Å². The number of aliphatic hydroxyl groups is 7. The second-order valence-corrected chi connectivity index (χ2v) is 15.3. The highest BCUT2D eigenvalue weighted by molar-refractivity contribution is 7.80. The van der Waals surface area contributed by atoms with Crippen molar-refractivity contribution in [2.45, 2.75) is 123 Å². The van der Waals surface area contributed by atoms with E-state index in [1.54, 1.807) is 0 Å². The van der Waals surface area contributed by atoms with Crippen LogP contribution in [0.4, 0.5) is 0 Å². The summed E-state index contributed by atoms with van der Waals surface area (Å²) in [6.07, 6.45) is -19.8. The fourth-order valence-electron chi connectivity index (χ4n) is 5.74. The van der Waals surface area contributed by atoms with E-state index in [2.05, 4.69) is 0 Å². The van der Waals surface area contributed by atoms with Crippen molar-refractivity contribution in [1.29, 1.82) is 0 Å². The molecule has 25 N–H and O–H groups in total. The third-order valence-corrected chi connectivity index (χ3v) is 8.37. The molecule has 19 atom stereocenters. The molecule has 0 aromatic heterocycles. The highest BCUT2D eigenvalue weighted by atomic mass is 32.3. The molecule has 1 saturated carbocycles. The fourth-order valence-corrected chi connectivity index (χ4v) is 5.74. The summed E-state index contributed by atoms with van der Waals surface area (Å²) in [5.41, 5.74) is 35.6. The number of rotatable bonds is 9. The zero-order valence-corrected chi connectivity index (χ0v) is 31.6. The largest absolute Gasteiger partial charge is 0.394 e. The van der Waals surface area contributed by atoms with Crippen LogP contribution >= 0.6 is 0 Å². The molecule has 0 amide bonds. The Hall–Kier alpha value is -1.15. The number of hydrogen-bond acceptors (Lipinski definition) is 25. The fraction of sp³-hybridized carbons (Fsp3) is 1.00. The molecule has 4 rings (SSSR count). The van der Waals surface area contributed by atoms with Crippen molar-refractivity contribution in [3.05, 3.63) is 0 Å². The summed E-state index contributed by atoms with van der Waals surface area (Å²) in [5.74, 6) is 0. The Morgan fingerprint density at radius 2 is 0.807 bits per heavy atom. The van der Waals surface area contributed by atoms with Gasteiger partial charge in [0, 0.05) is 25.2 Å². The normalized spacial score (nSPS) is 42.7. The molecule has 0 aromatic rings. The molecule has 57 heavy (non-hydrogen) atoms. The smallest absolute Gasteiger partial charge is 0.394 e. The maximum Gasteiger partial charge on any atom is 0.394 e. The van der Waals surface area contributed by atoms with Gasteiger partial charge < -0.3 is 98.6 Å². The minimum Gasteiger partial charge on any atom is -0.394 e. The molecule has 3 aliphatic heterocycles. The number of nitrogens with two attached hydrogens (primary N) is 6. The Bertz CT molecular complexity index is 1440. The Morgan fingerprint density at radius 3 is 1.16 bits per heavy atom. The second kappa shape index (κ2) is 22.6. The molecule has 4 aliphatic rings. The predicted octanol–water partition coefficient (Wildman–Crippen LogP) is -10.9. The van der Waals surface area contributed by atoms with Crippen LogP contribution in [-0.2, 0) is 59.6 Å². The molecule has 0 unspecified atom stereocenters. The second-order valence-electron chi connectivity index (χ2n) is 12.6. The van der Waals surface area contributed by atoms with Crippen molar-refractivity contribution in [2.75, 3.05) is 19.7 Å². The van der Waals surface area contributed by atoms with Crippen molar-refractivity contribution in [1.82, 2.24) is 0 Å². The summed E-state index contributed by atoms with van der Waals surface area (Å²) in [5, 5.41) is 73.0. The lowest BCUT2D eigenvalue weighted by Crippen LogP contribution is -2.68. The van der Waals surface area contributed by atoms with E-state index in [-0.39, 0.29) is 19.5 Å². The summed E-state index contributed by atoms with van der Waals surface area (Å²) in [7, 11) is -14.0. The summed E-state index contributed by atoms with van der Waals surface area (Å²) in [4.78, 5) is 0. The van der Waals surface area contributed by atoms with Crippen LogP contribution in [0.25, 0.3) is 0 Å². The molecule has 4 fully saturated rings. The number of hydrogen-bond donors (Lipinski definition) is 19. The van der Waals surface area contributed by atoms with Crippen molar-refractivity contribution in [3.8, 4) is 0 Å². The average Bonchev–Trinajstić information content (AvgIpc) is 3.36. The molecule has 0 spiro atoms. The average molecular weight is 909 g/mol. The van der Waals surface area contributed by atoms with Crippen molar-refractivity contribution < 1.29 is 117 Å². The first-order valence-corrected chi connectivity index (χ1v) is 20.2.